The first-order valence-electron chi connectivity index (χ1n) is 9.40. The molecule has 136 valence electrons. The van der Waals surface area contributed by atoms with E-state index < -0.39 is 0 Å². The maximum atomic E-state index is 11.2. The maximum absolute atomic E-state index is 11.2. The lowest BCUT2D eigenvalue weighted by Crippen LogP contribution is -2.04. The Labute approximate surface area is 157 Å². The molecule has 0 spiro atoms. The third-order valence-electron chi connectivity index (χ3n) is 4.15. The van der Waals surface area contributed by atoms with Crippen LogP contribution in [-0.4, -0.2) is 12.4 Å². The van der Waals surface area contributed by atoms with Crippen molar-refractivity contribution in [3.8, 4) is 17.6 Å². The molecule has 0 aliphatic carbocycles. The maximum Gasteiger partial charge on any atom is 0.130 e. The summed E-state index contributed by atoms with van der Waals surface area (Å²) >= 11 is 0. The van der Waals surface area contributed by atoms with Crippen LogP contribution in [0, 0.1) is 17.8 Å². The number of carbonyl (C=O) groups is 1. The summed E-state index contributed by atoms with van der Waals surface area (Å²) in [6, 6.07) is 16.2. The van der Waals surface area contributed by atoms with Gasteiger partial charge in [0, 0.05) is 17.5 Å². The zero-order chi connectivity index (χ0) is 18.8. The van der Waals surface area contributed by atoms with Crippen LogP contribution < -0.4 is 4.74 Å². The van der Waals surface area contributed by atoms with Crippen molar-refractivity contribution in [2.24, 2.45) is 5.92 Å². The number of hydrogen-bond acceptors (Lipinski definition) is 2. The second kappa shape index (κ2) is 10.5. The molecule has 0 heterocycles. The summed E-state index contributed by atoms with van der Waals surface area (Å²) in [7, 11) is 0. The van der Waals surface area contributed by atoms with Gasteiger partial charge < -0.3 is 9.53 Å². The molecule has 0 amide bonds. The minimum absolute atomic E-state index is 0.252. The van der Waals surface area contributed by atoms with Crippen molar-refractivity contribution in [2.75, 3.05) is 6.61 Å². The van der Waals surface area contributed by atoms with Crippen molar-refractivity contribution in [1.29, 1.82) is 0 Å². The van der Waals surface area contributed by atoms with Gasteiger partial charge in [0.05, 0.1) is 6.61 Å². The van der Waals surface area contributed by atoms with Crippen molar-refractivity contribution >= 4 is 5.78 Å². The molecule has 1 unspecified atom stereocenters. The van der Waals surface area contributed by atoms with Gasteiger partial charge in [-0.3, -0.25) is 0 Å². The highest BCUT2D eigenvalue weighted by Crippen LogP contribution is 2.14. The predicted octanol–water partition coefficient (Wildman–Crippen LogP) is 5.42. The van der Waals surface area contributed by atoms with Crippen molar-refractivity contribution in [2.45, 2.75) is 46.5 Å². The van der Waals surface area contributed by atoms with Crippen molar-refractivity contribution < 1.29 is 9.53 Å². The van der Waals surface area contributed by atoms with Crippen molar-refractivity contribution in [3.05, 3.63) is 65.2 Å². The van der Waals surface area contributed by atoms with Crippen LogP contribution in [0.3, 0.4) is 0 Å². The number of Topliss-reactive ketones (excluding diaryl/α,β-unsaturated/α-hetero) is 1. The summed E-state index contributed by atoms with van der Waals surface area (Å²) in [5.41, 5.74) is 3.22. The number of unbranched alkanes of at least 4 members (excludes halogenated alkanes) is 1. The summed E-state index contributed by atoms with van der Waals surface area (Å²) < 4.78 is 5.66. The summed E-state index contributed by atoms with van der Waals surface area (Å²) in [4.78, 5) is 11.2. The Hall–Kier alpha value is -2.53. The first kappa shape index (κ1) is 19.8. The molecular weight excluding hydrogens is 320 g/mol. The van der Waals surface area contributed by atoms with E-state index in [9.17, 15) is 4.79 Å². The van der Waals surface area contributed by atoms with Crippen LogP contribution in [0.25, 0.3) is 0 Å². The predicted molar refractivity (Wildman–Crippen MR) is 107 cm³/mol. The third-order valence-corrected chi connectivity index (χ3v) is 4.15. The highest BCUT2D eigenvalue weighted by molar-refractivity contribution is 5.75. The second-order valence-corrected chi connectivity index (χ2v) is 6.89. The summed E-state index contributed by atoms with van der Waals surface area (Å²) in [6.45, 7) is 6.68. The summed E-state index contributed by atoms with van der Waals surface area (Å²) in [5.74, 6) is 7.92. The lowest BCUT2D eigenvalue weighted by molar-refractivity contribution is -0.117. The number of hydrogen-bond donors (Lipinski definition) is 0. The van der Waals surface area contributed by atoms with Crippen LogP contribution in [0.4, 0.5) is 0 Å². The van der Waals surface area contributed by atoms with E-state index in [1.807, 2.05) is 36.4 Å². The van der Waals surface area contributed by atoms with E-state index in [0.29, 0.717) is 12.3 Å². The minimum atomic E-state index is 0.252. The summed E-state index contributed by atoms with van der Waals surface area (Å²) in [6.07, 6.45) is 3.77. The normalized spacial score (nSPS) is 11.3. The molecule has 0 saturated heterocycles. The SMILES string of the molecule is CCCCOc1ccc(C#Cc2ccc(CC(C)CC(C)=O)cc2)cc1. The van der Waals surface area contributed by atoms with Crippen LogP contribution in [0.5, 0.6) is 5.75 Å². The first-order chi connectivity index (χ1) is 12.6. The number of rotatable bonds is 8. The highest BCUT2D eigenvalue weighted by Gasteiger charge is 2.06. The minimum Gasteiger partial charge on any atom is -0.494 e. The van der Waals surface area contributed by atoms with Crippen LogP contribution in [-0.2, 0) is 11.2 Å². The second-order valence-electron chi connectivity index (χ2n) is 6.89. The number of benzene rings is 2. The third kappa shape index (κ3) is 7.15. The average molecular weight is 348 g/mol. The van der Waals surface area contributed by atoms with Gasteiger partial charge in [-0.05, 0) is 67.6 Å². The zero-order valence-corrected chi connectivity index (χ0v) is 16.0. The molecule has 0 N–H and O–H groups in total. The van der Waals surface area contributed by atoms with Gasteiger partial charge in [-0.2, -0.15) is 0 Å². The van der Waals surface area contributed by atoms with Crippen LogP contribution in [0.2, 0.25) is 0 Å². The lowest BCUT2D eigenvalue weighted by atomic mass is 9.96. The van der Waals surface area contributed by atoms with Crippen LogP contribution in [0.15, 0.2) is 48.5 Å². The average Bonchev–Trinajstić information content (AvgIpc) is 2.62. The van der Waals surface area contributed by atoms with E-state index in [-0.39, 0.29) is 5.78 Å². The quantitative estimate of drug-likeness (QED) is 0.470. The van der Waals surface area contributed by atoms with Gasteiger partial charge in [0.25, 0.3) is 0 Å². The van der Waals surface area contributed by atoms with E-state index in [4.69, 9.17) is 4.74 Å². The van der Waals surface area contributed by atoms with Gasteiger partial charge in [-0.25, -0.2) is 0 Å². The van der Waals surface area contributed by atoms with Gasteiger partial charge in [0.2, 0.25) is 0 Å². The van der Waals surface area contributed by atoms with Gasteiger partial charge >= 0.3 is 0 Å². The van der Waals surface area contributed by atoms with Gasteiger partial charge in [-0.1, -0.05) is 44.2 Å². The van der Waals surface area contributed by atoms with Gasteiger partial charge in [0.1, 0.15) is 11.5 Å². The Kier molecular flexibility index (Phi) is 7.96. The Balaban J connectivity index is 1.92. The standard InChI is InChI=1S/C24H28O2/c1-4-5-16-26-24-14-12-22(13-15-24)7-6-21-8-10-23(11-9-21)18-19(2)17-20(3)25/h8-15,19H,4-5,16-18H2,1-3H3. The molecule has 0 aliphatic rings. The largest absolute Gasteiger partial charge is 0.494 e. The molecule has 0 saturated carbocycles. The molecule has 0 radical (unpaired) electrons. The Bertz CT molecular complexity index is 746. The summed E-state index contributed by atoms with van der Waals surface area (Å²) in [5, 5.41) is 0. The molecule has 2 rings (SSSR count). The van der Waals surface area contributed by atoms with E-state index in [0.717, 1.165) is 42.7 Å². The van der Waals surface area contributed by atoms with Gasteiger partial charge in [0.15, 0.2) is 0 Å². The van der Waals surface area contributed by atoms with Gasteiger partial charge in [-0.15, -0.1) is 0 Å². The van der Waals surface area contributed by atoms with E-state index in [1.165, 1.54) is 5.56 Å². The van der Waals surface area contributed by atoms with Crippen LogP contribution in [0.1, 0.15) is 56.7 Å². The molecular formula is C24H28O2. The fourth-order valence-corrected chi connectivity index (χ4v) is 2.80. The molecule has 26 heavy (non-hydrogen) atoms. The molecule has 0 bridgehead atoms. The smallest absolute Gasteiger partial charge is 0.130 e. The molecule has 0 aliphatic heterocycles. The number of carbonyl (C=O) groups excluding carboxylic acids is 1. The van der Waals surface area contributed by atoms with Crippen LogP contribution >= 0.6 is 0 Å². The molecule has 2 heteroatoms. The highest BCUT2D eigenvalue weighted by atomic mass is 16.5. The van der Waals surface area contributed by atoms with E-state index in [2.05, 4.69) is 37.8 Å². The van der Waals surface area contributed by atoms with Crippen molar-refractivity contribution in [3.63, 3.8) is 0 Å². The molecule has 2 aromatic rings. The fraction of sp³-hybridized carbons (Fsp3) is 0.375. The molecule has 0 fully saturated rings. The first-order valence-corrected chi connectivity index (χ1v) is 9.40. The van der Waals surface area contributed by atoms with Crippen molar-refractivity contribution in [1.82, 2.24) is 0 Å². The van der Waals surface area contributed by atoms with E-state index >= 15 is 0 Å². The topological polar surface area (TPSA) is 26.3 Å². The zero-order valence-electron chi connectivity index (χ0n) is 16.0. The Morgan fingerprint density at radius 1 is 1.00 bits per heavy atom. The lowest BCUT2D eigenvalue weighted by Gasteiger charge is -2.09. The number of ether oxygens (including phenoxy) is 1. The van der Waals surface area contributed by atoms with E-state index in [1.54, 1.807) is 6.92 Å². The fourth-order valence-electron chi connectivity index (χ4n) is 2.80. The Morgan fingerprint density at radius 2 is 1.58 bits per heavy atom. The molecule has 0 aromatic heterocycles. The Morgan fingerprint density at radius 3 is 2.12 bits per heavy atom. The monoisotopic (exact) mass is 348 g/mol. The molecule has 1 atom stereocenters. The molecule has 2 aromatic carbocycles. The molecule has 2 nitrogen and oxygen atoms in total. The number of ketones is 1.